The molecule has 1 aliphatic carbocycles. The number of hydrogen-bond donors (Lipinski definition) is 1. The molecule has 0 unspecified atom stereocenters. The molecule has 0 aromatic rings. The molecule has 0 saturated heterocycles. The summed E-state index contributed by atoms with van der Waals surface area (Å²) in [4.78, 5) is 11.1. The number of carbonyl (C=O) groups is 1. The van der Waals surface area contributed by atoms with E-state index in [1.54, 1.807) is 0 Å². The molecule has 0 atom stereocenters. The van der Waals surface area contributed by atoms with E-state index in [1.165, 1.54) is 25.7 Å². The van der Waals surface area contributed by atoms with Gasteiger partial charge in [-0.15, -0.1) is 0 Å². The molecule has 1 aliphatic rings. The van der Waals surface area contributed by atoms with Crippen LogP contribution in [0, 0.1) is 0 Å². The first-order chi connectivity index (χ1) is 5.33. The SMILES string of the molecule is CCCCCC(=O)NC1CC1. The molecular weight excluding hydrogens is 138 g/mol. The number of nitrogens with one attached hydrogen (secondary N) is 1. The number of rotatable bonds is 5. The van der Waals surface area contributed by atoms with Crippen molar-refractivity contribution in [2.24, 2.45) is 0 Å². The molecule has 0 heterocycles. The van der Waals surface area contributed by atoms with Crippen LogP contribution in [0.25, 0.3) is 0 Å². The maximum Gasteiger partial charge on any atom is 0.220 e. The third-order valence-corrected chi connectivity index (χ3v) is 1.95. The fourth-order valence-electron chi connectivity index (χ4n) is 1.06. The van der Waals surface area contributed by atoms with Crippen molar-refractivity contribution >= 4 is 5.91 Å². The molecule has 11 heavy (non-hydrogen) atoms. The molecule has 2 nitrogen and oxygen atoms in total. The fourth-order valence-corrected chi connectivity index (χ4v) is 1.06. The van der Waals surface area contributed by atoms with Gasteiger partial charge in [0.25, 0.3) is 0 Å². The maximum atomic E-state index is 11.1. The zero-order chi connectivity index (χ0) is 8.10. The summed E-state index contributed by atoms with van der Waals surface area (Å²) >= 11 is 0. The van der Waals surface area contributed by atoms with E-state index in [0.717, 1.165) is 12.8 Å². The standard InChI is InChI=1S/C9H17NO/c1-2-3-4-5-9(11)10-8-6-7-8/h8H,2-7H2,1H3,(H,10,11). The first-order valence-corrected chi connectivity index (χ1v) is 4.62. The van der Waals surface area contributed by atoms with Crippen LogP contribution in [0.15, 0.2) is 0 Å². The molecule has 1 N–H and O–H groups in total. The molecule has 2 heteroatoms. The molecule has 1 saturated carbocycles. The van der Waals surface area contributed by atoms with Crippen molar-refractivity contribution in [1.29, 1.82) is 0 Å². The molecule has 0 spiro atoms. The smallest absolute Gasteiger partial charge is 0.220 e. The van der Waals surface area contributed by atoms with Gasteiger partial charge in [-0.25, -0.2) is 0 Å². The van der Waals surface area contributed by atoms with Crippen LogP contribution in [-0.2, 0) is 4.79 Å². The third kappa shape index (κ3) is 4.02. The van der Waals surface area contributed by atoms with Gasteiger partial charge in [0.2, 0.25) is 5.91 Å². The monoisotopic (exact) mass is 155 g/mol. The normalized spacial score (nSPS) is 16.5. The summed E-state index contributed by atoms with van der Waals surface area (Å²) in [6, 6.07) is 0.532. The predicted molar refractivity (Wildman–Crippen MR) is 45.3 cm³/mol. The molecule has 1 amide bonds. The first kappa shape index (κ1) is 8.57. The van der Waals surface area contributed by atoms with Gasteiger partial charge in [0, 0.05) is 12.5 Å². The second-order valence-electron chi connectivity index (χ2n) is 3.30. The molecule has 64 valence electrons. The van der Waals surface area contributed by atoms with Crippen LogP contribution in [0.3, 0.4) is 0 Å². The molecular formula is C9H17NO. The zero-order valence-corrected chi connectivity index (χ0v) is 7.23. The van der Waals surface area contributed by atoms with Crippen LogP contribution in [0.1, 0.15) is 45.4 Å². The van der Waals surface area contributed by atoms with Gasteiger partial charge in [0.05, 0.1) is 0 Å². The van der Waals surface area contributed by atoms with Crippen molar-refractivity contribution < 1.29 is 4.79 Å². The van der Waals surface area contributed by atoms with Crippen LogP contribution in [0.4, 0.5) is 0 Å². The summed E-state index contributed by atoms with van der Waals surface area (Å²) < 4.78 is 0. The van der Waals surface area contributed by atoms with Crippen molar-refractivity contribution in [1.82, 2.24) is 5.32 Å². The third-order valence-electron chi connectivity index (χ3n) is 1.95. The Bertz CT molecular complexity index is 130. The molecule has 1 rings (SSSR count). The van der Waals surface area contributed by atoms with E-state index < -0.39 is 0 Å². The lowest BCUT2D eigenvalue weighted by Gasteiger charge is -2.01. The summed E-state index contributed by atoms with van der Waals surface area (Å²) in [5.41, 5.74) is 0. The van der Waals surface area contributed by atoms with Crippen molar-refractivity contribution in [3.63, 3.8) is 0 Å². The van der Waals surface area contributed by atoms with E-state index in [1.807, 2.05) is 0 Å². The number of unbranched alkanes of at least 4 members (excludes halogenated alkanes) is 2. The van der Waals surface area contributed by atoms with Gasteiger partial charge < -0.3 is 5.32 Å². The van der Waals surface area contributed by atoms with Crippen molar-refractivity contribution in [2.75, 3.05) is 0 Å². The van der Waals surface area contributed by atoms with Gasteiger partial charge in [-0.05, 0) is 19.3 Å². The van der Waals surface area contributed by atoms with Gasteiger partial charge in [0.15, 0.2) is 0 Å². The largest absolute Gasteiger partial charge is 0.353 e. The van der Waals surface area contributed by atoms with Crippen molar-refractivity contribution in [3.05, 3.63) is 0 Å². The summed E-state index contributed by atoms with van der Waals surface area (Å²) in [6.45, 7) is 2.15. The summed E-state index contributed by atoms with van der Waals surface area (Å²) in [6.07, 6.45) is 6.53. The topological polar surface area (TPSA) is 29.1 Å². The summed E-state index contributed by atoms with van der Waals surface area (Å²) in [5, 5.41) is 2.97. The van der Waals surface area contributed by atoms with E-state index >= 15 is 0 Å². The predicted octanol–water partition coefficient (Wildman–Crippen LogP) is 1.85. The van der Waals surface area contributed by atoms with Crippen LogP contribution >= 0.6 is 0 Å². The lowest BCUT2D eigenvalue weighted by Crippen LogP contribution is -2.24. The number of amides is 1. The van der Waals surface area contributed by atoms with E-state index in [-0.39, 0.29) is 5.91 Å². The van der Waals surface area contributed by atoms with Crippen LogP contribution in [-0.4, -0.2) is 11.9 Å². The number of hydrogen-bond acceptors (Lipinski definition) is 1. The molecule has 0 aliphatic heterocycles. The van der Waals surface area contributed by atoms with E-state index in [2.05, 4.69) is 12.2 Å². The van der Waals surface area contributed by atoms with Crippen molar-refractivity contribution in [2.45, 2.75) is 51.5 Å². The lowest BCUT2D eigenvalue weighted by atomic mass is 10.2. The zero-order valence-electron chi connectivity index (χ0n) is 7.23. The average Bonchev–Trinajstić information content (AvgIpc) is 2.72. The van der Waals surface area contributed by atoms with E-state index in [0.29, 0.717) is 6.04 Å². The number of carbonyl (C=O) groups excluding carboxylic acids is 1. The highest BCUT2D eigenvalue weighted by molar-refractivity contribution is 5.76. The quantitative estimate of drug-likeness (QED) is 0.603. The highest BCUT2D eigenvalue weighted by Gasteiger charge is 2.22. The van der Waals surface area contributed by atoms with Gasteiger partial charge >= 0.3 is 0 Å². The Hall–Kier alpha value is -0.530. The second-order valence-corrected chi connectivity index (χ2v) is 3.30. The molecule has 0 aromatic heterocycles. The van der Waals surface area contributed by atoms with Gasteiger partial charge in [-0.3, -0.25) is 4.79 Å². The Balaban J connectivity index is 1.92. The highest BCUT2D eigenvalue weighted by atomic mass is 16.1. The first-order valence-electron chi connectivity index (χ1n) is 4.62. The van der Waals surface area contributed by atoms with Gasteiger partial charge in [-0.1, -0.05) is 19.8 Å². The van der Waals surface area contributed by atoms with Crippen LogP contribution < -0.4 is 5.32 Å². The van der Waals surface area contributed by atoms with Gasteiger partial charge in [-0.2, -0.15) is 0 Å². The summed E-state index contributed by atoms with van der Waals surface area (Å²) in [7, 11) is 0. The molecule has 0 aromatic carbocycles. The Morgan fingerprint density at radius 3 is 2.73 bits per heavy atom. The maximum absolute atomic E-state index is 11.1. The van der Waals surface area contributed by atoms with Gasteiger partial charge in [0.1, 0.15) is 0 Å². The van der Waals surface area contributed by atoms with Crippen LogP contribution in [0.5, 0.6) is 0 Å². The summed E-state index contributed by atoms with van der Waals surface area (Å²) in [5.74, 6) is 0.251. The van der Waals surface area contributed by atoms with Crippen molar-refractivity contribution in [3.8, 4) is 0 Å². The Morgan fingerprint density at radius 1 is 1.45 bits per heavy atom. The van der Waals surface area contributed by atoms with E-state index in [9.17, 15) is 4.79 Å². The minimum absolute atomic E-state index is 0.251. The minimum atomic E-state index is 0.251. The molecule has 0 radical (unpaired) electrons. The minimum Gasteiger partial charge on any atom is -0.353 e. The fraction of sp³-hybridized carbons (Fsp3) is 0.889. The van der Waals surface area contributed by atoms with Crippen LogP contribution in [0.2, 0.25) is 0 Å². The average molecular weight is 155 g/mol. The Kier molecular flexibility index (Phi) is 3.40. The Morgan fingerprint density at radius 2 is 2.18 bits per heavy atom. The molecule has 1 fully saturated rings. The van der Waals surface area contributed by atoms with E-state index in [4.69, 9.17) is 0 Å². The lowest BCUT2D eigenvalue weighted by molar-refractivity contribution is -0.121. The Labute approximate surface area is 68.4 Å². The molecule has 0 bridgehead atoms. The second kappa shape index (κ2) is 4.37. The highest BCUT2D eigenvalue weighted by Crippen LogP contribution is 2.18.